The molecule has 1 aliphatic rings. The molecular weight excluding hydrogens is 328 g/mol. The first kappa shape index (κ1) is 16.1. The minimum atomic E-state index is -0.194. The van der Waals surface area contributed by atoms with E-state index in [0.717, 1.165) is 18.5 Å². The molecule has 3 aromatic rings. The largest absolute Gasteiger partial charge is 0.326 e. The summed E-state index contributed by atoms with van der Waals surface area (Å²) in [6, 6.07) is 14.4. The Labute approximate surface area is 150 Å². The number of amides is 2. The van der Waals surface area contributed by atoms with E-state index in [-0.39, 0.29) is 17.7 Å². The fraction of sp³-hybridized carbons (Fsp3) is 0.150. The fourth-order valence-electron chi connectivity index (χ4n) is 2.63. The third-order valence-corrected chi connectivity index (χ3v) is 4.29. The van der Waals surface area contributed by atoms with Gasteiger partial charge >= 0.3 is 0 Å². The van der Waals surface area contributed by atoms with E-state index < -0.39 is 0 Å². The molecule has 26 heavy (non-hydrogen) atoms. The van der Waals surface area contributed by atoms with Crippen LogP contribution >= 0.6 is 0 Å². The van der Waals surface area contributed by atoms with Crippen molar-refractivity contribution >= 4 is 23.2 Å². The van der Waals surface area contributed by atoms with Gasteiger partial charge in [-0.25, -0.2) is 4.98 Å². The average molecular weight is 346 g/mol. The summed E-state index contributed by atoms with van der Waals surface area (Å²) in [4.78, 5) is 28.1. The number of hydrogen-bond acceptors (Lipinski definition) is 3. The van der Waals surface area contributed by atoms with Crippen LogP contribution in [0.2, 0.25) is 0 Å². The molecule has 2 N–H and O–H groups in total. The van der Waals surface area contributed by atoms with Crippen molar-refractivity contribution < 1.29 is 9.59 Å². The monoisotopic (exact) mass is 346 g/mol. The number of nitrogens with one attached hydrogen (secondary N) is 2. The molecule has 130 valence electrons. The average Bonchev–Trinajstić information content (AvgIpc) is 3.38. The molecule has 0 bridgehead atoms. The van der Waals surface area contributed by atoms with Gasteiger partial charge < -0.3 is 15.2 Å². The molecule has 0 radical (unpaired) electrons. The van der Waals surface area contributed by atoms with Gasteiger partial charge in [-0.15, -0.1) is 0 Å². The van der Waals surface area contributed by atoms with E-state index in [1.54, 1.807) is 36.8 Å². The lowest BCUT2D eigenvalue weighted by Gasteiger charge is -2.08. The second-order valence-electron chi connectivity index (χ2n) is 6.31. The molecule has 4 rings (SSSR count). The number of carbonyl (C=O) groups is 2. The van der Waals surface area contributed by atoms with E-state index in [1.807, 2.05) is 35.0 Å². The molecule has 1 saturated carbocycles. The Morgan fingerprint density at radius 3 is 2.19 bits per heavy atom. The normalized spacial score (nSPS) is 13.2. The molecule has 0 spiro atoms. The molecule has 0 atom stereocenters. The van der Waals surface area contributed by atoms with Crippen LogP contribution in [-0.4, -0.2) is 21.4 Å². The quantitative estimate of drug-likeness (QED) is 0.743. The highest BCUT2D eigenvalue weighted by Gasteiger charge is 2.29. The van der Waals surface area contributed by atoms with Crippen LogP contribution < -0.4 is 10.6 Å². The van der Waals surface area contributed by atoms with Crippen molar-refractivity contribution in [3.05, 3.63) is 72.8 Å². The van der Waals surface area contributed by atoms with Gasteiger partial charge in [-0.1, -0.05) is 0 Å². The Kier molecular flexibility index (Phi) is 4.23. The Morgan fingerprint density at radius 1 is 0.923 bits per heavy atom. The van der Waals surface area contributed by atoms with E-state index in [0.29, 0.717) is 16.9 Å². The molecule has 0 saturated heterocycles. The predicted octanol–water partition coefficient (Wildman–Crippen LogP) is 3.47. The van der Waals surface area contributed by atoms with E-state index in [2.05, 4.69) is 15.6 Å². The lowest BCUT2D eigenvalue weighted by atomic mass is 10.2. The van der Waals surface area contributed by atoms with Crippen LogP contribution in [0.4, 0.5) is 11.4 Å². The maximum absolute atomic E-state index is 12.4. The Bertz CT molecular complexity index is 911. The van der Waals surface area contributed by atoms with Crippen molar-refractivity contribution in [2.45, 2.75) is 12.8 Å². The molecule has 1 aromatic heterocycles. The number of imidazole rings is 1. The number of aromatic nitrogens is 2. The highest BCUT2D eigenvalue weighted by atomic mass is 16.2. The predicted molar refractivity (Wildman–Crippen MR) is 99.3 cm³/mol. The van der Waals surface area contributed by atoms with Crippen molar-refractivity contribution in [2.24, 2.45) is 5.92 Å². The third kappa shape index (κ3) is 3.64. The van der Waals surface area contributed by atoms with Crippen LogP contribution in [0, 0.1) is 5.92 Å². The highest BCUT2D eigenvalue weighted by molar-refractivity contribution is 6.04. The smallest absolute Gasteiger partial charge is 0.255 e. The SMILES string of the molecule is O=C(Nc1ccc(-n2ccnc2)cc1)c1ccc(NC(=O)C2CC2)cc1. The minimum absolute atomic E-state index is 0.0557. The van der Waals surface area contributed by atoms with Crippen molar-refractivity contribution in [2.75, 3.05) is 10.6 Å². The highest BCUT2D eigenvalue weighted by Crippen LogP contribution is 2.30. The first-order chi connectivity index (χ1) is 12.7. The Balaban J connectivity index is 1.38. The molecule has 0 unspecified atom stereocenters. The number of nitrogens with zero attached hydrogens (tertiary/aromatic N) is 2. The van der Waals surface area contributed by atoms with Crippen LogP contribution in [0.3, 0.4) is 0 Å². The van der Waals surface area contributed by atoms with Crippen molar-refractivity contribution in [1.82, 2.24) is 9.55 Å². The number of carbonyl (C=O) groups excluding carboxylic acids is 2. The van der Waals surface area contributed by atoms with Gasteiger partial charge in [0, 0.05) is 40.9 Å². The van der Waals surface area contributed by atoms with E-state index >= 15 is 0 Å². The maximum Gasteiger partial charge on any atom is 0.255 e. The molecule has 1 aliphatic carbocycles. The van der Waals surface area contributed by atoms with Crippen molar-refractivity contribution in [3.63, 3.8) is 0 Å². The summed E-state index contributed by atoms with van der Waals surface area (Å²) in [5.74, 6) is 0.0175. The van der Waals surface area contributed by atoms with E-state index in [4.69, 9.17) is 0 Å². The number of anilines is 2. The van der Waals surface area contributed by atoms with Crippen LogP contribution in [0.15, 0.2) is 67.3 Å². The molecule has 6 nitrogen and oxygen atoms in total. The molecule has 6 heteroatoms. The summed E-state index contributed by atoms with van der Waals surface area (Å²) >= 11 is 0. The van der Waals surface area contributed by atoms with Crippen LogP contribution in [0.1, 0.15) is 23.2 Å². The fourth-order valence-corrected chi connectivity index (χ4v) is 2.63. The standard InChI is InChI=1S/C20H18N4O2/c25-19(14-1-2-14)22-16-5-3-15(4-6-16)20(26)23-17-7-9-18(10-8-17)24-12-11-21-13-24/h3-14H,1-2H2,(H,22,25)(H,23,26). The summed E-state index contributed by atoms with van der Waals surface area (Å²) in [7, 11) is 0. The number of benzene rings is 2. The van der Waals surface area contributed by atoms with Crippen LogP contribution in [-0.2, 0) is 4.79 Å². The minimum Gasteiger partial charge on any atom is -0.326 e. The zero-order chi connectivity index (χ0) is 17.9. The van der Waals surface area contributed by atoms with Gasteiger partial charge in [0.2, 0.25) is 5.91 Å². The summed E-state index contributed by atoms with van der Waals surface area (Å²) in [6.45, 7) is 0. The van der Waals surface area contributed by atoms with Gasteiger partial charge in [-0.2, -0.15) is 0 Å². The number of rotatable bonds is 5. The zero-order valence-corrected chi connectivity index (χ0v) is 14.1. The first-order valence-corrected chi connectivity index (χ1v) is 8.50. The molecule has 0 aliphatic heterocycles. The maximum atomic E-state index is 12.4. The summed E-state index contributed by atoms with van der Waals surface area (Å²) < 4.78 is 1.89. The van der Waals surface area contributed by atoms with E-state index in [9.17, 15) is 9.59 Å². The van der Waals surface area contributed by atoms with Gasteiger partial charge in [-0.3, -0.25) is 9.59 Å². The van der Waals surface area contributed by atoms with Crippen molar-refractivity contribution in [1.29, 1.82) is 0 Å². The Hall–Kier alpha value is -3.41. The third-order valence-electron chi connectivity index (χ3n) is 4.29. The molecule has 1 heterocycles. The first-order valence-electron chi connectivity index (χ1n) is 8.50. The van der Waals surface area contributed by atoms with Gasteiger partial charge in [0.25, 0.3) is 5.91 Å². The lowest BCUT2D eigenvalue weighted by Crippen LogP contribution is -2.14. The summed E-state index contributed by atoms with van der Waals surface area (Å²) in [5.41, 5.74) is 2.93. The van der Waals surface area contributed by atoms with Gasteiger partial charge in [0.15, 0.2) is 0 Å². The molecule has 2 aromatic carbocycles. The van der Waals surface area contributed by atoms with Gasteiger partial charge in [0.05, 0.1) is 6.33 Å². The van der Waals surface area contributed by atoms with Crippen molar-refractivity contribution in [3.8, 4) is 5.69 Å². The summed E-state index contributed by atoms with van der Waals surface area (Å²) in [6.07, 6.45) is 7.22. The summed E-state index contributed by atoms with van der Waals surface area (Å²) in [5, 5.41) is 5.73. The second-order valence-corrected chi connectivity index (χ2v) is 6.31. The Morgan fingerprint density at radius 2 is 1.58 bits per heavy atom. The molecule has 2 amide bonds. The number of hydrogen-bond donors (Lipinski definition) is 2. The van der Waals surface area contributed by atoms with Crippen LogP contribution in [0.25, 0.3) is 5.69 Å². The van der Waals surface area contributed by atoms with Gasteiger partial charge in [0.1, 0.15) is 0 Å². The lowest BCUT2D eigenvalue weighted by molar-refractivity contribution is -0.117. The second kappa shape index (κ2) is 6.84. The van der Waals surface area contributed by atoms with Gasteiger partial charge in [-0.05, 0) is 61.4 Å². The zero-order valence-electron chi connectivity index (χ0n) is 14.1. The molecular formula is C20H18N4O2. The van der Waals surface area contributed by atoms with Crippen LogP contribution in [0.5, 0.6) is 0 Å². The topological polar surface area (TPSA) is 76.0 Å². The molecule has 1 fully saturated rings. The van der Waals surface area contributed by atoms with E-state index in [1.165, 1.54) is 0 Å².